The highest BCUT2D eigenvalue weighted by atomic mass is 35.5. The van der Waals surface area contributed by atoms with E-state index in [0.29, 0.717) is 28.6 Å². The number of hydrogen-bond donors (Lipinski definition) is 1. The third kappa shape index (κ3) is 4.87. The van der Waals surface area contributed by atoms with Gasteiger partial charge >= 0.3 is 0 Å². The van der Waals surface area contributed by atoms with Gasteiger partial charge in [-0.25, -0.2) is 4.98 Å². The minimum absolute atomic E-state index is 0.104. The zero-order valence-corrected chi connectivity index (χ0v) is 16.2. The van der Waals surface area contributed by atoms with Crippen molar-refractivity contribution >= 4 is 34.9 Å². The number of likely N-dealkylation sites (N-methyl/N-ethyl adjacent to an activating group) is 1. The quantitative estimate of drug-likeness (QED) is 0.848. The van der Waals surface area contributed by atoms with E-state index in [4.69, 9.17) is 23.2 Å². The molecule has 2 heterocycles. The van der Waals surface area contributed by atoms with E-state index < -0.39 is 0 Å². The number of carbonyl (C=O) groups excluding carboxylic acids is 1. The van der Waals surface area contributed by atoms with E-state index in [9.17, 15) is 4.79 Å². The molecule has 138 valence electrons. The Labute approximate surface area is 163 Å². The molecule has 3 rings (SSSR count). The van der Waals surface area contributed by atoms with Gasteiger partial charge in [0.2, 0.25) is 0 Å². The standard InChI is InChI=1S/C19H22Cl2N4O/c1-24-8-10-25(11-9-24)18-12-15(5-6-22-18)19(26)23-7-4-14-2-3-16(20)13-17(14)21/h2-3,5-6,12-13H,4,7-11H2,1H3,(H,23,26). The van der Waals surface area contributed by atoms with E-state index in [-0.39, 0.29) is 5.91 Å². The summed E-state index contributed by atoms with van der Waals surface area (Å²) in [5, 5.41) is 4.17. The Morgan fingerprint density at radius 1 is 1.15 bits per heavy atom. The van der Waals surface area contributed by atoms with Crippen LogP contribution in [0.5, 0.6) is 0 Å². The van der Waals surface area contributed by atoms with Crippen molar-refractivity contribution in [3.8, 4) is 0 Å². The van der Waals surface area contributed by atoms with E-state index in [0.717, 1.165) is 37.6 Å². The van der Waals surface area contributed by atoms with Crippen molar-refractivity contribution < 1.29 is 4.79 Å². The first-order valence-electron chi connectivity index (χ1n) is 8.64. The predicted molar refractivity (Wildman–Crippen MR) is 106 cm³/mol. The average Bonchev–Trinajstić information content (AvgIpc) is 2.64. The first-order chi connectivity index (χ1) is 12.5. The van der Waals surface area contributed by atoms with Gasteiger partial charge in [0.25, 0.3) is 5.91 Å². The zero-order chi connectivity index (χ0) is 18.5. The van der Waals surface area contributed by atoms with E-state index >= 15 is 0 Å². The Balaban J connectivity index is 1.57. The van der Waals surface area contributed by atoms with Crippen LogP contribution in [0.3, 0.4) is 0 Å². The van der Waals surface area contributed by atoms with E-state index in [2.05, 4.69) is 27.1 Å². The highest BCUT2D eigenvalue weighted by Crippen LogP contribution is 2.21. The van der Waals surface area contributed by atoms with Gasteiger partial charge in [0.1, 0.15) is 5.82 Å². The van der Waals surface area contributed by atoms with Crippen molar-refractivity contribution in [2.45, 2.75) is 6.42 Å². The summed E-state index contributed by atoms with van der Waals surface area (Å²) in [7, 11) is 2.11. The van der Waals surface area contributed by atoms with Crippen molar-refractivity contribution in [2.24, 2.45) is 0 Å². The van der Waals surface area contributed by atoms with Gasteiger partial charge in [-0.05, 0) is 43.3 Å². The maximum absolute atomic E-state index is 12.4. The second-order valence-electron chi connectivity index (χ2n) is 6.43. The van der Waals surface area contributed by atoms with Crippen LogP contribution < -0.4 is 10.2 Å². The molecular weight excluding hydrogens is 371 g/mol. The van der Waals surface area contributed by atoms with Gasteiger partial charge < -0.3 is 15.1 Å². The van der Waals surface area contributed by atoms with Gasteiger partial charge in [-0.2, -0.15) is 0 Å². The molecule has 1 aliphatic rings. The number of anilines is 1. The molecule has 1 amide bonds. The lowest BCUT2D eigenvalue weighted by molar-refractivity contribution is 0.0954. The Bertz CT molecular complexity index is 776. The van der Waals surface area contributed by atoms with Crippen molar-refractivity contribution in [3.05, 3.63) is 57.7 Å². The third-order valence-electron chi connectivity index (χ3n) is 4.53. The summed E-state index contributed by atoms with van der Waals surface area (Å²) in [6.07, 6.45) is 2.34. The van der Waals surface area contributed by atoms with Gasteiger partial charge in [-0.1, -0.05) is 29.3 Å². The number of piperazine rings is 1. The molecule has 7 heteroatoms. The molecule has 0 unspecified atom stereocenters. The van der Waals surface area contributed by atoms with Crippen molar-refractivity contribution in [3.63, 3.8) is 0 Å². The third-order valence-corrected chi connectivity index (χ3v) is 5.12. The number of halogens is 2. The molecule has 2 aromatic rings. The summed E-state index contributed by atoms with van der Waals surface area (Å²) in [5.41, 5.74) is 1.58. The van der Waals surface area contributed by atoms with Crippen LogP contribution in [-0.2, 0) is 6.42 Å². The van der Waals surface area contributed by atoms with Gasteiger partial charge in [0, 0.05) is 54.5 Å². The molecule has 0 bridgehead atoms. The van der Waals surface area contributed by atoms with Crippen LogP contribution in [0.4, 0.5) is 5.82 Å². The molecule has 5 nitrogen and oxygen atoms in total. The van der Waals surface area contributed by atoms with Crippen LogP contribution in [0, 0.1) is 0 Å². The van der Waals surface area contributed by atoms with E-state index in [1.807, 2.05) is 12.1 Å². The summed E-state index contributed by atoms with van der Waals surface area (Å²) in [6.45, 7) is 4.35. The molecule has 26 heavy (non-hydrogen) atoms. The maximum atomic E-state index is 12.4. The highest BCUT2D eigenvalue weighted by Gasteiger charge is 2.16. The molecule has 0 atom stereocenters. The smallest absolute Gasteiger partial charge is 0.251 e. The molecule has 1 aromatic heterocycles. The average molecular weight is 393 g/mol. The summed E-state index contributed by atoms with van der Waals surface area (Å²) >= 11 is 12.1. The SMILES string of the molecule is CN1CCN(c2cc(C(=O)NCCc3ccc(Cl)cc3Cl)ccn2)CC1. The Morgan fingerprint density at radius 3 is 2.65 bits per heavy atom. The van der Waals surface area contributed by atoms with Crippen molar-refractivity contribution in [1.29, 1.82) is 0 Å². The Morgan fingerprint density at radius 2 is 1.92 bits per heavy atom. The molecule has 1 aromatic carbocycles. The number of aromatic nitrogens is 1. The highest BCUT2D eigenvalue weighted by molar-refractivity contribution is 6.35. The molecule has 1 N–H and O–H groups in total. The fraction of sp³-hybridized carbons (Fsp3) is 0.368. The predicted octanol–water partition coefficient (Wildman–Crippen LogP) is 3.11. The van der Waals surface area contributed by atoms with Gasteiger partial charge in [-0.15, -0.1) is 0 Å². The number of benzene rings is 1. The fourth-order valence-corrected chi connectivity index (χ4v) is 3.41. The number of carbonyl (C=O) groups is 1. The lowest BCUT2D eigenvalue weighted by atomic mass is 10.1. The molecule has 0 aliphatic carbocycles. The van der Waals surface area contributed by atoms with Crippen LogP contribution in [0.1, 0.15) is 15.9 Å². The van der Waals surface area contributed by atoms with Gasteiger partial charge in [0.15, 0.2) is 0 Å². The normalized spacial score (nSPS) is 15.1. The summed E-state index contributed by atoms with van der Waals surface area (Å²) < 4.78 is 0. The maximum Gasteiger partial charge on any atom is 0.251 e. The zero-order valence-electron chi connectivity index (χ0n) is 14.7. The molecular formula is C19H22Cl2N4O. The Kier molecular flexibility index (Phi) is 6.35. The lowest BCUT2D eigenvalue weighted by Crippen LogP contribution is -2.44. The second-order valence-corrected chi connectivity index (χ2v) is 7.28. The van der Waals surface area contributed by atoms with Crippen LogP contribution >= 0.6 is 23.2 Å². The number of amides is 1. The molecule has 1 saturated heterocycles. The molecule has 0 spiro atoms. The van der Waals surface area contributed by atoms with Crippen LogP contribution in [0.15, 0.2) is 36.5 Å². The van der Waals surface area contributed by atoms with Crippen LogP contribution in [0.2, 0.25) is 10.0 Å². The lowest BCUT2D eigenvalue weighted by Gasteiger charge is -2.33. The van der Waals surface area contributed by atoms with Crippen molar-refractivity contribution in [1.82, 2.24) is 15.2 Å². The number of hydrogen-bond acceptors (Lipinski definition) is 4. The topological polar surface area (TPSA) is 48.5 Å². The van der Waals surface area contributed by atoms with Crippen LogP contribution in [-0.4, -0.2) is 55.6 Å². The van der Waals surface area contributed by atoms with Crippen molar-refractivity contribution in [2.75, 3.05) is 44.7 Å². The summed E-state index contributed by atoms with van der Waals surface area (Å²) in [4.78, 5) is 21.4. The molecule has 1 fully saturated rings. The molecule has 0 radical (unpaired) electrons. The summed E-state index contributed by atoms with van der Waals surface area (Å²) in [5.74, 6) is 0.749. The van der Waals surface area contributed by atoms with E-state index in [1.165, 1.54) is 0 Å². The van der Waals surface area contributed by atoms with E-state index in [1.54, 1.807) is 24.4 Å². The first-order valence-corrected chi connectivity index (χ1v) is 9.40. The number of rotatable bonds is 5. The minimum Gasteiger partial charge on any atom is -0.354 e. The largest absolute Gasteiger partial charge is 0.354 e. The van der Waals surface area contributed by atoms with Gasteiger partial charge in [-0.3, -0.25) is 4.79 Å². The van der Waals surface area contributed by atoms with Gasteiger partial charge in [0.05, 0.1) is 0 Å². The fourth-order valence-electron chi connectivity index (χ4n) is 2.91. The summed E-state index contributed by atoms with van der Waals surface area (Å²) in [6, 6.07) is 9.00. The molecule has 1 aliphatic heterocycles. The second kappa shape index (κ2) is 8.71. The Hall–Kier alpha value is -1.82. The molecule has 0 saturated carbocycles. The number of pyridine rings is 1. The first kappa shape index (κ1) is 19.0. The van der Waals surface area contributed by atoms with Crippen LogP contribution in [0.25, 0.3) is 0 Å². The monoisotopic (exact) mass is 392 g/mol. The number of nitrogens with one attached hydrogen (secondary N) is 1. The minimum atomic E-state index is -0.104. The number of nitrogens with zero attached hydrogens (tertiary/aromatic N) is 3.